The lowest BCUT2D eigenvalue weighted by atomic mass is 10.1. The molecule has 0 bridgehead atoms. The van der Waals surface area contributed by atoms with Crippen molar-refractivity contribution >= 4 is 23.5 Å². The van der Waals surface area contributed by atoms with Crippen LogP contribution in [0.4, 0.5) is 13.2 Å². The third kappa shape index (κ3) is 6.16. The minimum Gasteiger partial charge on any atom is -0.370 e. The second kappa shape index (κ2) is 6.87. The fourth-order valence-electron chi connectivity index (χ4n) is 1.28. The molecule has 0 saturated heterocycles. The molecule has 20 heavy (non-hydrogen) atoms. The van der Waals surface area contributed by atoms with Crippen LogP contribution in [0.2, 0.25) is 0 Å². The third-order valence-corrected chi connectivity index (χ3v) is 2.13. The fourth-order valence-corrected chi connectivity index (χ4v) is 1.28. The van der Waals surface area contributed by atoms with E-state index in [4.69, 9.17) is 5.73 Å². The summed E-state index contributed by atoms with van der Waals surface area (Å²) in [6, 6.07) is -3.28. The van der Waals surface area contributed by atoms with Crippen molar-refractivity contribution in [1.82, 2.24) is 10.6 Å². The van der Waals surface area contributed by atoms with Gasteiger partial charge in [0, 0.05) is 6.92 Å². The van der Waals surface area contributed by atoms with Crippen LogP contribution in [0.5, 0.6) is 0 Å². The Morgan fingerprint density at radius 1 is 1.15 bits per heavy atom. The maximum absolute atomic E-state index is 12.1. The van der Waals surface area contributed by atoms with E-state index in [1.807, 2.05) is 5.32 Å². The summed E-state index contributed by atoms with van der Waals surface area (Å²) < 4.78 is 36.4. The highest BCUT2D eigenvalue weighted by atomic mass is 19.4. The van der Waals surface area contributed by atoms with Crippen molar-refractivity contribution in [2.24, 2.45) is 5.73 Å². The smallest absolute Gasteiger partial charge is 0.370 e. The van der Waals surface area contributed by atoms with Gasteiger partial charge in [-0.3, -0.25) is 19.2 Å². The number of carbonyl (C=O) groups excluding carboxylic acids is 4. The zero-order chi connectivity index (χ0) is 16.1. The van der Waals surface area contributed by atoms with Gasteiger partial charge in [-0.2, -0.15) is 13.2 Å². The predicted octanol–water partition coefficient (Wildman–Crippen LogP) is -0.997. The van der Waals surface area contributed by atoms with Crippen molar-refractivity contribution in [1.29, 1.82) is 0 Å². The largest absolute Gasteiger partial charge is 0.452 e. The molecule has 0 rings (SSSR count). The first kappa shape index (κ1) is 17.9. The number of carbonyl (C=O) groups is 4. The van der Waals surface area contributed by atoms with E-state index in [1.165, 1.54) is 0 Å². The zero-order valence-corrected chi connectivity index (χ0v) is 10.7. The molecule has 0 radical (unpaired) electrons. The second-order valence-corrected chi connectivity index (χ2v) is 4.02. The summed E-state index contributed by atoms with van der Waals surface area (Å²) in [5, 5.41) is 3.82. The number of rotatable bonds is 6. The van der Waals surface area contributed by atoms with Gasteiger partial charge in [0.15, 0.2) is 0 Å². The number of Topliss-reactive ketones (excluding diaryl/α,β-unsaturated/α-hetero) is 1. The zero-order valence-electron chi connectivity index (χ0n) is 10.7. The number of alkyl halides is 3. The van der Waals surface area contributed by atoms with Gasteiger partial charge in [-0.25, -0.2) is 0 Å². The number of hydrogen-bond acceptors (Lipinski definition) is 4. The summed E-state index contributed by atoms with van der Waals surface area (Å²) in [4.78, 5) is 44.0. The van der Waals surface area contributed by atoms with E-state index < -0.39 is 48.2 Å². The van der Waals surface area contributed by atoms with Gasteiger partial charge < -0.3 is 16.4 Å². The summed E-state index contributed by atoms with van der Waals surface area (Å²) in [5.41, 5.74) is 4.85. The number of amides is 3. The summed E-state index contributed by atoms with van der Waals surface area (Å²) >= 11 is 0. The minimum atomic E-state index is -5.10. The van der Waals surface area contributed by atoms with Crippen LogP contribution in [0.15, 0.2) is 0 Å². The Morgan fingerprint density at radius 3 is 2.00 bits per heavy atom. The van der Waals surface area contributed by atoms with Gasteiger partial charge in [-0.15, -0.1) is 0 Å². The Hall–Kier alpha value is -2.13. The van der Waals surface area contributed by atoms with Gasteiger partial charge in [0.05, 0.1) is 12.5 Å². The van der Waals surface area contributed by atoms with E-state index in [0.717, 1.165) is 13.8 Å². The maximum atomic E-state index is 12.1. The molecule has 0 aliphatic heterocycles. The number of nitrogens with one attached hydrogen (secondary N) is 2. The second-order valence-electron chi connectivity index (χ2n) is 4.02. The lowest BCUT2D eigenvalue weighted by Gasteiger charge is -2.20. The van der Waals surface area contributed by atoms with Crippen LogP contribution in [0.1, 0.15) is 20.3 Å². The summed E-state index contributed by atoms with van der Waals surface area (Å²) in [7, 11) is 0. The topological polar surface area (TPSA) is 118 Å². The number of nitrogens with two attached hydrogens (primary N) is 1. The van der Waals surface area contributed by atoms with Crippen LogP contribution >= 0.6 is 0 Å². The van der Waals surface area contributed by atoms with Crippen LogP contribution in [0.25, 0.3) is 0 Å². The van der Waals surface area contributed by atoms with E-state index in [1.54, 1.807) is 5.32 Å². The molecule has 0 fully saturated rings. The van der Waals surface area contributed by atoms with Crippen LogP contribution in [0, 0.1) is 0 Å². The number of ketones is 1. The van der Waals surface area contributed by atoms with Crippen molar-refractivity contribution in [3.05, 3.63) is 0 Å². The van der Waals surface area contributed by atoms with E-state index in [2.05, 4.69) is 0 Å². The summed E-state index contributed by atoms with van der Waals surface area (Å²) in [6.45, 7) is 1.88. The van der Waals surface area contributed by atoms with Crippen molar-refractivity contribution in [3.63, 3.8) is 0 Å². The molecule has 0 aliphatic rings. The van der Waals surface area contributed by atoms with Crippen LogP contribution in [-0.4, -0.2) is 41.8 Å². The lowest BCUT2D eigenvalue weighted by Crippen LogP contribution is -2.53. The first-order chi connectivity index (χ1) is 8.95. The molecule has 0 saturated carbocycles. The molecular formula is C10H14F3N3O4. The average molecular weight is 297 g/mol. The summed E-state index contributed by atoms with van der Waals surface area (Å²) in [5.74, 6) is -4.87. The molecule has 4 N–H and O–H groups in total. The van der Waals surface area contributed by atoms with Crippen molar-refractivity contribution in [3.8, 4) is 0 Å². The Labute approximate surface area is 112 Å². The molecule has 0 aliphatic carbocycles. The Balaban J connectivity index is 4.79. The normalized spacial score (nSPS) is 14.1. The predicted molar refractivity (Wildman–Crippen MR) is 60.1 cm³/mol. The molecule has 10 heteroatoms. The molecule has 3 amide bonds. The molecule has 0 heterocycles. The minimum absolute atomic E-state index is 0.599. The van der Waals surface area contributed by atoms with Crippen molar-refractivity contribution in [2.45, 2.75) is 38.5 Å². The highest BCUT2D eigenvalue weighted by Crippen LogP contribution is 2.17. The Kier molecular flexibility index (Phi) is 6.14. The van der Waals surface area contributed by atoms with Crippen molar-refractivity contribution in [2.75, 3.05) is 0 Å². The van der Waals surface area contributed by atoms with Gasteiger partial charge in [0.1, 0.15) is 6.04 Å². The van der Waals surface area contributed by atoms with E-state index >= 15 is 0 Å². The van der Waals surface area contributed by atoms with E-state index in [-0.39, 0.29) is 0 Å². The molecule has 0 aromatic carbocycles. The maximum Gasteiger partial charge on any atom is 0.452 e. The number of hydrogen-bond donors (Lipinski definition) is 3. The third-order valence-electron chi connectivity index (χ3n) is 2.13. The molecule has 7 nitrogen and oxygen atoms in total. The van der Waals surface area contributed by atoms with Gasteiger partial charge in [0.2, 0.25) is 17.7 Å². The monoisotopic (exact) mass is 297 g/mol. The Morgan fingerprint density at radius 2 is 1.65 bits per heavy atom. The van der Waals surface area contributed by atoms with E-state index in [0.29, 0.717) is 0 Å². The highest BCUT2D eigenvalue weighted by Gasteiger charge is 2.42. The van der Waals surface area contributed by atoms with Gasteiger partial charge in [0.25, 0.3) is 5.78 Å². The standard InChI is InChI=1S/C10H14F3N3O4/c1-4(8(19)10(11,12)13)15-9(20)6(3-7(14)18)16-5(2)17/h4,6H,3H2,1-2H3,(H2,14,18)(H,15,20)(H,16,17). The lowest BCUT2D eigenvalue weighted by molar-refractivity contribution is -0.173. The average Bonchev–Trinajstić information content (AvgIpc) is 2.24. The van der Waals surface area contributed by atoms with Crippen molar-refractivity contribution < 1.29 is 32.3 Å². The first-order valence-electron chi connectivity index (χ1n) is 5.42. The van der Waals surface area contributed by atoms with Gasteiger partial charge in [-0.1, -0.05) is 0 Å². The first-order valence-corrected chi connectivity index (χ1v) is 5.42. The molecule has 0 aromatic rings. The molecule has 2 unspecified atom stereocenters. The SMILES string of the molecule is CC(=O)NC(CC(N)=O)C(=O)NC(C)C(=O)C(F)(F)F. The van der Waals surface area contributed by atoms with Crippen LogP contribution in [0.3, 0.4) is 0 Å². The summed E-state index contributed by atoms with van der Waals surface area (Å²) in [6.07, 6.45) is -5.70. The molecule has 0 aromatic heterocycles. The fraction of sp³-hybridized carbons (Fsp3) is 0.600. The molecule has 0 spiro atoms. The van der Waals surface area contributed by atoms with E-state index in [9.17, 15) is 32.3 Å². The van der Waals surface area contributed by atoms with Crippen LogP contribution in [-0.2, 0) is 19.2 Å². The Bertz CT molecular complexity index is 406. The van der Waals surface area contributed by atoms with Crippen LogP contribution < -0.4 is 16.4 Å². The molecule has 2 atom stereocenters. The molecular weight excluding hydrogens is 283 g/mol. The van der Waals surface area contributed by atoms with Gasteiger partial charge >= 0.3 is 6.18 Å². The number of halogens is 3. The van der Waals surface area contributed by atoms with Gasteiger partial charge in [-0.05, 0) is 6.92 Å². The molecule has 114 valence electrons. The quantitative estimate of drug-likeness (QED) is 0.583. The number of primary amides is 1. The highest BCUT2D eigenvalue weighted by molar-refractivity contribution is 5.96.